The predicted octanol–water partition coefficient (Wildman–Crippen LogP) is -0.0171. The van der Waals surface area contributed by atoms with E-state index in [1.807, 2.05) is 0 Å². The van der Waals surface area contributed by atoms with Gasteiger partial charge >= 0.3 is 5.97 Å². The minimum Gasteiger partial charge on any atom is -0.372 e. The summed E-state index contributed by atoms with van der Waals surface area (Å²) in [5.74, 6) is 4.09. The second-order valence-corrected chi connectivity index (χ2v) is 2.60. The van der Waals surface area contributed by atoms with Crippen molar-refractivity contribution in [1.82, 2.24) is 0 Å². The number of hydrogen-bond donors (Lipinski definition) is 2. The topological polar surface area (TPSA) is 103 Å². The molecule has 1 atom stereocenters. The molecular formula is C7H16N4O2. The van der Waals surface area contributed by atoms with E-state index >= 15 is 0 Å². The Hall–Kier alpha value is -1.01. The fraction of sp³-hybridized carbons (Fsp3) is 0.857. The quantitative estimate of drug-likeness (QED) is 0.347. The number of carbonyl (C=O) groups is 1. The summed E-state index contributed by atoms with van der Waals surface area (Å²) < 4.78 is 0. The minimum atomic E-state index is -0.622. The molecule has 13 heavy (non-hydrogen) atoms. The highest BCUT2D eigenvalue weighted by Crippen LogP contribution is 2.00. The van der Waals surface area contributed by atoms with E-state index in [-0.39, 0.29) is 0 Å². The molecule has 0 aliphatic carbocycles. The Morgan fingerprint density at radius 2 is 2.23 bits per heavy atom. The molecule has 0 amide bonds. The highest BCUT2D eigenvalue weighted by molar-refractivity contribution is 5.74. The molecule has 0 saturated carbocycles. The van der Waals surface area contributed by atoms with Crippen molar-refractivity contribution in [3.8, 4) is 0 Å². The van der Waals surface area contributed by atoms with Crippen molar-refractivity contribution in [2.24, 2.45) is 21.9 Å². The van der Waals surface area contributed by atoms with Gasteiger partial charge in [-0.3, -0.25) is 0 Å². The highest BCUT2D eigenvalue weighted by Gasteiger charge is 2.12. The third kappa shape index (κ3) is 6.18. The smallest absolute Gasteiger partial charge is 0.341 e. The van der Waals surface area contributed by atoms with Gasteiger partial charge in [-0.2, -0.15) is 16.1 Å². The number of hydrogen-bond acceptors (Lipinski definition) is 6. The molecule has 0 aromatic heterocycles. The average Bonchev–Trinajstić information content (AvgIpc) is 2.16. The van der Waals surface area contributed by atoms with E-state index in [9.17, 15) is 4.79 Å². The molecule has 0 saturated heterocycles. The van der Waals surface area contributed by atoms with Crippen LogP contribution >= 0.6 is 0 Å². The summed E-state index contributed by atoms with van der Waals surface area (Å²) in [6.07, 6.45) is 2.24. The lowest BCUT2D eigenvalue weighted by molar-refractivity contribution is -0.145. The zero-order valence-corrected chi connectivity index (χ0v) is 7.77. The van der Waals surface area contributed by atoms with Crippen LogP contribution in [0.3, 0.4) is 0 Å². The average molecular weight is 188 g/mol. The van der Waals surface area contributed by atoms with Gasteiger partial charge in [0.15, 0.2) is 0 Å². The van der Waals surface area contributed by atoms with Crippen molar-refractivity contribution in [2.75, 3.05) is 13.6 Å². The van der Waals surface area contributed by atoms with Crippen LogP contribution in [0.2, 0.25) is 0 Å². The van der Waals surface area contributed by atoms with E-state index in [2.05, 4.69) is 21.0 Å². The molecule has 4 N–H and O–H groups in total. The lowest BCUT2D eigenvalue weighted by atomic mass is 10.1. The van der Waals surface area contributed by atoms with E-state index < -0.39 is 12.0 Å². The van der Waals surface area contributed by atoms with Crippen molar-refractivity contribution in [3.63, 3.8) is 0 Å². The molecule has 0 aromatic rings. The molecule has 76 valence electrons. The van der Waals surface area contributed by atoms with Crippen LogP contribution in [0.1, 0.15) is 19.3 Å². The third-order valence-electron chi connectivity index (χ3n) is 1.58. The number of carbonyl (C=O) groups excluding carboxylic acids is 1. The maximum absolute atomic E-state index is 10.7. The summed E-state index contributed by atoms with van der Waals surface area (Å²) >= 11 is 0. The molecule has 6 heteroatoms. The van der Waals surface area contributed by atoms with Crippen LogP contribution < -0.4 is 11.6 Å². The van der Waals surface area contributed by atoms with Gasteiger partial charge in [-0.25, -0.2) is 4.79 Å². The number of rotatable bonds is 6. The molecule has 0 rings (SSSR count). The standard InChI is InChI=1S/C7H16N4O2/c1-10-11-5-3-2-4-6(8)7(12)13-9/h6H,2-5,8-9H2,1H3/t6-/m0/s1. The van der Waals surface area contributed by atoms with Gasteiger partial charge in [0.1, 0.15) is 6.04 Å². The molecule has 0 aliphatic heterocycles. The first-order valence-electron chi connectivity index (χ1n) is 4.14. The van der Waals surface area contributed by atoms with Crippen LogP contribution in [0.15, 0.2) is 10.2 Å². The van der Waals surface area contributed by atoms with Crippen molar-refractivity contribution >= 4 is 5.97 Å². The molecule has 0 fully saturated rings. The summed E-state index contributed by atoms with van der Waals surface area (Å²) in [7, 11) is 1.62. The normalized spacial score (nSPS) is 13.2. The Bertz CT molecular complexity index is 172. The fourth-order valence-corrected chi connectivity index (χ4v) is 0.852. The maximum Gasteiger partial charge on any atom is 0.341 e. The molecule has 6 nitrogen and oxygen atoms in total. The minimum absolute atomic E-state index is 0.565. The van der Waals surface area contributed by atoms with E-state index in [1.165, 1.54) is 0 Å². The summed E-state index contributed by atoms with van der Waals surface area (Å²) in [6.45, 7) is 0.668. The highest BCUT2D eigenvalue weighted by atomic mass is 16.7. The van der Waals surface area contributed by atoms with Gasteiger partial charge in [0, 0.05) is 7.05 Å². The van der Waals surface area contributed by atoms with Crippen molar-refractivity contribution in [3.05, 3.63) is 0 Å². The van der Waals surface area contributed by atoms with Gasteiger partial charge in [-0.15, -0.1) is 0 Å². The molecule has 0 unspecified atom stereocenters. The van der Waals surface area contributed by atoms with Gasteiger partial charge in [0.2, 0.25) is 0 Å². The molecule has 0 radical (unpaired) electrons. The Morgan fingerprint density at radius 1 is 1.54 bits per heavy atom. The van der Waals surface area contributed by atoms with Crippen molar-refractivity contribution in [1.29, 1.82) is 0 Å². The van der Waals surface area contributed by atoms with E-state index in [4.69, 9.17) is 5.73 Å². The van der Waals surface area contributed by atoms with Gasteiger partial charge < -0.3 is 10.6 Å². The van der Waals surface area contributed by atoms with Crippen molar-refractivity contribution < 1.29 is 9.63 Å². The van der Waals surface area contributed by atoms with E-state index in [0.29, 0.717) is 13.0 Å². The molecule has 0 aliphatic rings. The third-order valence-corrected chi connectivity index (χ3v) is 1.58. The first kappa shape index (κ1) is 12.0. The van der Waals surface area contributed by atoms with Crippen LogP contribution in [0.25, 0.3) is 0 Å². The largest absolute Gasteiger partial charge is 0.372 e. The number of nitrogens with zero attached hydrogens (tertiary/aromatic N) is 2. The second kappa shape index (κ2) is 7.63. The Balaban J connectivity index is 3.36. The van der Waals surface area contributed by atoms with Crippen LogP contribution in [0.4, 0.5) is 0 Å². The number of azo groups is 1. The summed E-state index contributed by atoms with van der Waals surface area (Å²) in [6, 6.07) is -0.622. The molecule has 0 aromatic carbocycles. The SMILES string of the molecule is CN=NCCCC[C@H](N)C(=O)ON. The second-order valence-electron chi connectivity index (χ2n) is 2.60. The summed E-state index contributed by atoms with van der Waals surface area (Å²) in [5.41, 5.74) is 5.43. The van der Waals surface area contributed by atoms with E-state index in [0.717, 1.165) is 12.8 Å². The summed E-state index contributed by atoms with van der Waals surface area (Å²) in [4.78, 5) is 14.7. The van der Waals surface area contributed by atoms with Crippen LogP contribution in [-0.2, 0) is 9.63 Å². The van der Waals surface area contributed by atoms with E-state index in [1.54, 1.807) is 7.05 Å². The zero-order valence-electron chi connectivity index (χ0n) is 7.77. The monoisotopic (exact) mass is 188 g/mol. The van der Waals surface area contributed by atoms with Crippen LogP contribution in [0.5, 0.6) is 0 Å². The molecular weight excluding hydrogens is 172 g/mol. The Morgan fingerprint density at radius 3 is 2.77 bits per heavy atom. The first-order valence-corrected chi connectivity index (χ1v) is 4.14. The van der Waals surface area contributed by atoms with Crippen LogP contribution in [-0.4, -0.2) is 25.6 Å². The first-order chi connectivity index (χ1) is 6.22. The van der Waals surface area contributed by atoms with Gasteiger partial charge in [-0.1, -0.05) is 0 Å². The maximum atomic E-state index is 10.7. The molecule has 0 bridgehead atoms. The predicted molar refractivity (Wildman–Crippen MR) is 47.8 cm³/mol. The molecule has 0 spiro atoms. The Labute approximate surface area is 77.3 Å². The zero-order chi connectivity index (χ0) is 10.1. The number of unbranched alkanes of at least 4 members (excludes halogenated alkanes) is 1. The number of nitrogens with two attached hydrogens (primary N) is 2. The van der Waals surface area contributed by atoms with Gasteiger partial charge in [-0.05, 0) is 19.3 Å². The summed E-state index contributed by atoms with van der Waals surface area (Å²) in [5, 5.41) is 7.36. The lowest BCUT2D eigenvalue weighted by Crippen LogP contribution is -2.33. The van der Waals surface area contributed by atoms with Gasteiger partial charge in [0.05, 0.1) is 6.54 Å². The van der Waals surface area contributed by atoms with Gasteiger partial charge in [0.25, 0.3) is 0 Å². The van der Waals surface area contributed by atoms with Crippen LogP contribution in [0, 0.1) is 0 Å². The Kier molecular flexibility index (Phi) is 7.04. The van der Waals surface area contributed by atoms with Crippen molar-refractivity contribution in [2.45, 2.75) is 25.3 Å². The lowest BCUT2D eigenvalue weighted by Gasteiger charge is -2.06. The fourth-order valence-electron chi connectivity index (χ4n) is 0.852. The molecule has 0 heterocycles.